The van der Waals surface area contributed by atoms with Crippen LogP contribution < -0.4 is 16.4 Å². The summed E-state index contributed by atoms with van der Waals surface area (Å²) in [6.45, 7) is 5.50. The van der Waals surface area contributed by atoms with Crippen molar-refractivity contribution in [2.24, 2.45) is 0 Å². The van der Waals surface area contributed by atoms with Crippen LogP contribution in [0.1, 0.15) is 30.4 Å². The summed E-state index contributed by atoms with van der Waals surface area (Å²) < 4.78 is 22.9. The van der Waals surface area contributed by atoms with Gasteiger partial charge in [0.05, 0.1) is 24.1 Å². The van der Waals surface area contributed by atoms with Crippen LogP contribution >= 0.6 is 11.8 Å². The fourth-order valence-electron chi connectivity index (χ4n) is 4.88. The molecule has 5 heterocycles. The number of anilines is 3. The van der Waals surface area contributed by atoms with E-state index in [-0.39, 0.29) is 11.9 Å². The molecule has 5 aromatic rings. The van der Waals surface area contributed by atoms with Crippen LogP contribution in [0.3, 0.4) is 0 Å². The fraction of sp³-hybridized carbons (Fsp3) is 0.280. The third-order valence-electron chi connectivity index (χ3n) is 6.68. The predicted molar refractivity (Wildman–Crippen MR) is 140 cm³/mol. The summed E-state index contributed by atoms with van der Waals surface area (Å²) in [5.41, 5.74) is 17.0. The molecule has 4 N–H and O–H groups in total. The van der Waals surface area contributed by atoms with Crippen molar-refractivity contribution in [2.75, 3.05) is 29.5 Å². The number of halogens is 1. The molecule has 0 unspecified atom stereocenters. The van der Waals surface area contributed by atoms with Crippen LogP contribution in [-0.2, 0) is 0 Å². The average molecular weight is 520 g/mol. The summed E-state index contributed by atoms with van der Waals surface area (Å²) in [5, 5.41) is 13.1. The Balaban J connectivity index is 1.35. The first-order valence-electron chi connectivity index (χ1n) is 12.0. The van der Waals surface area contributed by atoms with Crippen molar-refractivity contribution >= 4 is 34.7 Å². The summed E-state index contributed by atoms with van der Waals surface area (Å²) in [4.78, 5) is 8.12. The molecule has 0 aliphatic carbocycles. The lowest BCUT2D eigenvalue weighted by Crippen LogP contribution is -2.37. The number of fused-ring (bicyclic) bond motifs is 1. The molecule has 0 radical (unpaired) electrons. The van der Waals surface area contributed by atoms with E-state index in [2.05, 4.69) is 37.8 Å². The number of aromatic nitrogens is 6. The van der Waals surface area contributed by atoms with E-state index in [1.54, 1.807) is 16.8 Å². The molecule has 10 nitrogen and oxygen atoms in total. The highest BCUT2D eigenvalue weighted by atomic mass is 32.2. The molecule has 1 fully saturated rings. The molecule has 6 rings (SSSR count). The van der Waals surface area contributed by atoms with E-state index < -0.39 is 0 Å². The highest BCUT2D eigenvalue weighted by Crippen LogP contribution is 2.39. The minimum atomic E-state index is -0.372. The van der Waals surface area contributed by atoms with Crippen molar-refractivity contribution in [3.05, 3.63) is 60.2 Å². The molecule has 0 amide bonds. The zero-order chi connectivity index (χ0) is 25.7. The van der Waals surface area contributed by atoms with E-state index in [4.69, 9.17) is 21.1 Å². The lowest BCUT2D eigenvalue weighted by molar-refractivity contribution is 0.341. The minimum Gasteiger partial charge on any atom is -0.398 e. The van der Waals surface area contributed by atoms with Crippen LogP contribution in [0.5, 0.6) is 0 Å². The Labute approximate surface area is 216 Å². The van der Waals surface area contributed by atoms with E-state index >= 15 is 0 Å². The number of piperidine rings is 1. The summed E-state index contributed by atoms with van der Waals surface area (Å²) in [5.74, 6) is 0.253. The minimum absolute atomic E-state index is 0.173. The summed E-state index contributed by atoms with van der Waals surface area (Å²) in [6, 6.07) is 7.18. The second-order valence-corrected chi connectivity index (χ2v) is 10.3. The molecule has 1 atom stereocenters. The van der Waals surface area contributed by atoms with Crippen molar-refractivity contribution in [3.8, 4) is 11.1 Å². The highest BCUT2D eigenvalue weighted by molar-refractivity contribution is 7.99. The van der Waals surface area contributed by atoms with Crippen molar-refractivity contribution in [3.63, 3.8) is 0 Å². The Morgan fingerprint density at radius 3 is 2.73 bits per heavy atom. The summed E-state index contributed by atoms with van der Waals surface area (Å²) in [6.07, 6.45) is 7.47. The number of nitrogens with zero attached hydrogens (tertiary/aromatic N) is 7. The first-order valence-corrected chi connectivity index (χ1v) is 12.8. The zero-order valence-corrected chi connectivity index (χ0v) is 21.2. The molecular formula is C25H26FN9OS. The third kappa shape index (κ3) is 4.26. The number of benzene rings is 1. The molecule has 12 heteroatoms. The van der Waals surface area contributed by atoms with E-state index in [9.17, 15) is 4.39 Å². The number of nitrogens with two attached hydrogens (primary N) is 2. The van der Waals surface area contributed by atoms with Crippen LogP contribution in [0.2, 0.25) is 0 Å². The molecule has 190 valence electrons. The summed E-state index contributed by atoms with van der Waals surface area (Å²) >= 11 is 1.43. The lowest BCUT2D eigenvalue weighted by Gasteiger charge is -2.32. The number of nitrogen functional groups attached to an aromatic ring is 2. The number of aryl methyl sites for hydroxylation is 1. The zero-order valence-electron chi connectivity index (χ0n) is 20.4. The molecule has 1 saturated heterocycles. The first kappa shape index (κ1) is 23.3. The van der Waals surface area contributed by atoms with Crippen LogP contribution in [0.15, 0.2) is 57.2 Å². The second-order valence-electron chi connectivity index (χ2n) is 9.22. The van der Waals surface area contributed by atoms with E-state index in [1.807, 2.05) is 19.3 Å². The normalized spacial score (nSPS) is 16.1. The molecule has 1 aliphatic rings. The maximum Gasteiger partial charge on any atom is 0.324 e. The van der Waals surface area contributed by atoms with Crippen LogP contribution in [0, 0.1) is 19.7 Å². The molecule has 1 aliphatic heterocycles. The quantitative estimate of drug-likeness (QED) is 0.323. The lowest BCUT2D eigenvalue weighted by atomic mass is 10.0. The maximum atomic E-state index is 13.6. The summed E-state index contributed by atoms with van der Waals surface area (Å²) in [7, 11) is 0. The van der Waals surface area contributed by atoms with Gasteiger partial charge in [0.15, 0.2) is 5.82 Å². The molecular weight excluding hydrogens is 493 g/mol. The Morgan fingerprint density at radius 1 is 1.08 bits per heavy atom. The molecule has 0 spiro atoms. The van der Waals surface area contributed by atoms with Crippen LogP contribution in [-0.4, -0.2) is 42.6 Å². The van der Waals surface area contributed by atoms with Crippen molar-refractivity contribution in [1.82, 2.24) is 29.5 Å². The van der Waals surface area contributed by atoms with Gasteiger partial charge in [-0.05, 0) is 51.0 Å². The average Bonchev–Trinajstić information content (AvgIpc) is 3.59. The predicted octanol–water partition coefficient (Wildman–Crippen LogP) is 4.49. The van der Waals surface area contributed by atoms with Gasteiger partial charge in [0.2, 0.25) is 0 Å². The molecule has 0 saturated carbocycles. The number of hydrogen-bond donors (Lipinski definition) is 2. The Morgan fingerprint density at radius 2 is 1.95 bits per heavy atom. The number of rotatable bonds is 5. The van der Waals surface area contributed by atoms with Gasteiger partial charge in [-0.2, -0.15) is 15.2 Å². The molecule has 37 heavy (non-hydrogen) atoms. The first-order chi connectivity index (χ1) is 17.9. The number of hydrogen-bond acceptors (Lipinski definition) is 9. The maximum absolute atomic E-state index is 13.6. The monoisotopic (exact) mass is 519 g/mol. The van der Waals surface area contributed by atoms with Gasteiger partial charge >= 0.3 is 6.01 Å². The topological polar surface area (TPSA) is 129 Å². The van der Waals surface area contributed by atoms with Gasteiger partial charge in [-0.25, -0.2) is 8.91 Å². The molecule has 4 aromatic heterocycles. The second kappa shape index (κ2) is 9.11. The molecule has 1 aromatic carbocycles. The van der Waals surface area contributed by atoms with Crippen molar-refractivity contribution in [2.45, 2.75) is 42.5 Å². The van der Waals surface area contributed by atoms with Crippen molar-refractivity contribution < 1.29 is 8.91 Å². The van der Waals surface area contributed by atoms with E-state index in [1.165, 1.54) is 23.9 Å². The van der Waals surface area contributed by atoms with Crippen molar-refractivity contribution in [1.29, 1.82) is 0 Å². The van der Waals surface area contributed by atoms with Crippen LogP contribution in [0.4, 0.5) is 21.8 Å². The Bertz CT molecular complexity index is 1610. The van der Waals surface area contributed by atoms with Gasteiger partial charge in [-0.1, -0.05) is 16.9 Å². The smallest absolute Gasteiger partial charge is 0.324 e. The third-order valence-corrected chi connectivity index (χ3v) is 7.81. The van der Waals surface area contributed by atoms with Gasteiger partial charge in [0, 0.05) is 51.6 Å². The Kier molecular flexibility index (Phi) is 5.75. The Hall–Kier alpha value is -4.06. The van der Waals surface area contributed by atoms with E-state index in [0.717, 1.165) is 58.1 Å². The highest BCUT2D eigenvalue weighted by Gasteiger charge is 2.27. The fourth-order valence-corrected chi connectivity index (χ4v) is 5.92. The van der Waals surface area contributed by atoms with Gasteiger partial charge in [-0.3, -0.25) is 4.68 Å². The molecule has 0 bridgehead atoms. The van der Waals surface area contributed by atoms with E-state index in [0.29, 0.717) is 23.2 Å². The van der Waals surface area contributed by atoms with Crippen LogP contribution in [0.25, 0.3) is 16.6 Å². The van der Waals surface area contributed by atoms with Gasteiger partial charge < -0.3 is 20.9 Å². The van der Waals surface area contributed by atoms with Gasteiger partial charge in [-0.15, -0.1) is 0 Å². The number of pyridine rings is 1. The SMILES string of the molecule is Cc1noc(N2CCC[C@H](n3ncc(-c4cc(Sc5ccc(F)cc5N)c5c(N)cnn5c4)c3C)C2)n1. The standard InChI is InChI=1S/C25H26FN9OS/c1-14-19(10-30-35(14)18-4-3-7-33(13-18)25-31-15(2)32-36-25)16-8-23(24-21(28)11-29-34(24)12-16)37-22-6-5-17(26)9-20(22)27/h5-6,8-12,18H,3-4,7,13,27-28H2,1-2H3/t18-/m0/s1. The largest absolute Gasteiger partial charge is 0.398 e. The van der Waals surface area contributed by atoms with Gasteiger partial charge in [0.1, 0.15) is 11.3 Å². The van der Waals surface area contributed by atoms with Gasteiger partial charge in [0.25, 0.3) is 0 Å².